The van der Waals surface area contributed by atoms with E-state index in [2.05, 4.69) is 13.5 Å². The Morgan fingerprint density at radius 2 is 1.79 bits per heavy atom. The van der Waals surface area contributed by atoms with E-state index < -0.39 is 51.5 Å². The fraction of sp³-hybridized carbons (Fsp3) is 0.564. The molecule has 3 fully saturated rings. The van der Waals surface area contributed by atoms with Gasteiger partial charge in [-0.2, -0.15) is 0 Å². The second-order valence-electron chi connectivity index (χ2n) is 15.9. The Morgan fingerprint density at radius 3 is 2.42 bits per heavy atom. The zero-order valence-corrected chi connectivity index (χ0v) is 29.2. The number of ether oxygens (including phenoxy) is 4. The van der Waals surface area contributed by atoms with Gasteiger partial charge in [0, 0.05) is 47.6 Å². The first-order valence-corrected chi connectivity index (χ1v) is 17.0. The van der Waals surface area contributed by atoms with Gasteiger partial charge in [-0.1, -0.05) is 29.9 Å². The number of hydrogen-bond donors (Lipinski definition) is 2. The van der Waals surface area contributed by atoms with Crippen LogP contribution in [0, 0.1) is 11.8 Å². The summed E-state index contributed by atoms with van der Waals surface area (Å²) in [4.78, 5) is 41.8. The van der Waals surface area contributed by atoms with Crippen LogP contribution in [0.1, 0.15) is 108 Å². The molecule has 1 aromatic rings. The third kappa shape index (κ3) is 4.00. The summed E-state index contributed by atoms with van der Waals surface area (Å²) in [6.07, 6.45) is 7.86. The summed E-state index contributed by atoms with van der Waals surface area (Å²) in [5.41, 5.74) is -2.72. The molecule has 0 aromatic heterocycles. The maximum Gasteiger partial charge on any atom is 0.330 e. The van der Waals surface area contributed by atoms with Crippen LogP contribution in [0.3, 0.4) is 0 Å². The van der Waals surface area contributed by atoms with E-state index in [1.165, 1.54) is 20.1 Å². The average Bonchev–Trinajstić information content (AvgIpc) is 3.16. The molecule has 8 rings (SSSR count). The number of Topliss-reactive ketones (excluding diaryl/α,β-unsaturated/α-hetero) is 2. The van der Waals surface area contributed by atoms with Crippen LogP contribution in [0.2, 0.25) is 0 Å². The van der Waals surface area contributed by atoms with E-state index in [1.54, 1.807) is 6.08 Å². The van der Waals surface area contributed by atoms with Crippen LogP contribution < -0.4 is 9.47 Å². The van der Waals surface area contributed by atoms with Crippen molar-refractivity contribution in [1.82, 2.24) is 0 Å². The summed E-state index contributed by atoms with van der Waals surface area (Å²) in [5.74, 6) is -1.97. The van der Waals surface area contributed by atoms with Crippen LogP contribution in [0.25, 0.3) is 0 Å². The second-order valence-corrected chi connectivity index (χ2v) is 15.9. The number of methoxy groups -OCH3 is 1. The zero-order valence-electron chi connectivity index (χ0n) is 29.2. The number of carboxylic acids is 1. The normalized spacial score (nSPS) is 36.6. The van der Waals surface area contributed by atoms with Crippen molar-refractivity contribution in [3.8, 4) is 17.2 Å². The largest absolute Gasteiger partial charge is 0.507 e. The molecular weight excluding hydrogens is 612 g/mol. The zero-order chi connectivity index (χ0) is 34.9. The molecule has 4 aliphatic carbocycles. The van der Waals surface area contributed by atoms with Gasteiger partial charge in [0.15, 0.2) is 17.0 Å². The number of phenols is 1. The van der Waals surface area contributed by atoms with Crippen molar-refractivity contribution in [3.05, 3.63) is 63.8 Å². The van der Waals surface area contributed by atoms with Crippen molar-refractivity contribution < 1.29 is 43.5 Å². The maximum absolute atomic E-state index is 15.2. The van der Waals surface area contributed by atoms with Crippen LogP contribution in [-0.4, -0.2) is 62.9 Å². The second kappa shape index (κ2) is 10.2. The lowest BCUT2D eigenvalue weighted by Crippen LogP contribution is -2.77. The van der Waals surface area contributed by atoms with E-state index in [0.717, 1.165) is 24.0 Å². The number of carbonyl (C=O) groups is 3. The van der Waals surface area contributed by atoms with Crippen molar-refractivity contribution in [2.75, 3.05) is 7.11 Å². The Morgan fingerprint density at radius 1 is 1.08 bits per heavy atom. The SMILES string of the molecule is C=C(C)[C@@H]1CC[C@]2(C)C[C@H]1c1c(O)c3c(c(CC=C(C)C)c1O2)O[C@]12C(=C[C@]4(OC)C[C@H]1C(C)(C)O[C@@]2(C/C=C(/C)C(=O)O)C4=O)C3=O. The maximum atomic E-state index is 15.2. The minimum Gasteiger partial charge on any atom is -0.507 e. The number of aromatic hydroxyl groups is 1. The number of benzene rings is 1. The number of hydrogen-bond acceptors (Lipinski definition) is 8. The predicted octanol–water partition coefficient (Wildman–Crippen LogP) is 6.71. The fourth-order valence-electron chi connectivity index (χ4n) is 9.87. The predicted molar refractivity (Wildman–Crippen MR) is 178 cm³/mol. The summed E-state index contributed by atoms with van der Waals surface area (Å²) in [6.45, 7) is 17.6. The van der Waals surface area contributed by atoms with E-state index in [1.807, 2.05) is 40.7 Å². The lowest BCUT2D eigenvalue weighted by molar-refractivity contribution is -0.190. The third-order valence-corrected chi connectivity index (χ3v) is 12.2. The minimum atomic E-state index is -1.78. The first kappa shape index (κ1) is 32.8. The Bertz CT molecular complexity index is 1810. The van der Waals surface area contributed by atoms with Crippen molar-refractivity contribution in [1.29, 1.82) is 0 Å². The van der Waals surface area contributed by atoms with Crippen LogP contribution >= 0.6 is 0 Å². The molecule has 48 heavy (non-hydrogen) atoms. The molecule has 1 saturated heterocycles. The molecular formula is C39H46O9. The molecule has 256 valence electrons. The molecule has 1 aromatic carbocycles. The molecule has 1 spiro atoms. The molecule has 9 nitrogen and oxygen atoms in total. The van der Waals surface area contributed by atoms with Crippen LogP contribution in [0.15, 0.2) is 47.1 Å². The first-order valence-electron chi connectivity index (χ1n) is 17.0. The van der Waals surface area contributed by atoms with Gasteiger partial charge in [0.25, 0.3) is 0 Å². The van der Waals surface area contributed by atoms with Gasteiger partial charge < -0.3 is 29.2 Å². The molecule has 0 unspecified atom stereocenters. The average molecular weight is 659 g/mol. The first-order chi connectivity index (χ1) is 22.4. The Hall–Kier alpha value is -3.69. The number of fused-ring (bicyclic) bond motifs is 5. The van der Waals surface area contributed by atoms with Gasteiger partial charge in [-0.05, 0) is 92.6 Å². The van der Waals surface area contributed by atoms with Crippen molar-refractivity contribution >= 4 is 17.5 Å². The topological polar surface area (TPSA) is 129 Å². The lowest BCUT2D eigenvalue weighted by atomic mass is 9.49. The molecule has 0 radical (unpaired) electrons. The number of aliphatic carboxylic acids is 1. The molecule has 9 heteroatoms. The number of ketones is 2. The highest BCUT2D eigenvalue weighted by atomic mass is 16.6. The van der Waals surface area contributed by atoms with Crippen LogP contribution in [0.4, 0.5) is 0 Å². The summed E-state index contributed by atoms with van der Waals surface area (Å²) in [7, 11) is 1.44. The highest BCUT2D eigenvalue weighted by molar-refractivity contribution is 6.20. The quantitative estimate of drug-likeness (QED) is 0.243. The molecule has 2 saturated carbocycles. The van der Waals surface area contributed by atoms with Gasteiger partial charge in [-0.3, -0.25) is 9.59 Å². The van der Waals surface area contributed by atoms with Crippen LogP contribution in [-0.2, 0) is 25.5 Å². The van der Waals surface area contributed by atoms with Crippen molar-refractivity contribution in [2.24, 2.45) is 11.8 Å². The molecule has 7 atom stereocenters. The highest BCUT2D eigenvalue weighted by Gasteiger charge is 2.84. The van der Waals surface area contributed by atoms with Crippen molar-refractivity contribution in [3.63, 3.8) is 0 Å². The smallest absolute Gasteiger partial charge is 0.330 e. The highest BCUT2D eigenvalue weighted by Crippen LogP contribution is 2.70. The number of allylic oxidation sites excluding steroid dienone is 3. The standard InChI is InChI=1S/C39H46O9/c1-19(2)10-11-23-31-27(24-16-36(8,46-31)14-13-22(24)20(3)4)30(41)28-29(40)25-17-37(45-9)18-26-35(6,7)48-38(34(37)44,15-12-21(5)33(42)43)39(25,26)47-32(23)28/h10,12,17,22,24,26,41H,3,11,13-16,18H2,1-2,4-9H3,(H,42,43)/b21-12-/t22-,24+,26-,36+,37-,38-,39+/m0/s1. The molecule has 7 aliphatic rings. The lowest BCUT2D eigenvalue weighted by Gasteiger charge is -2.59. The number of carboxylic acid groups (broad SMARTS) is 1. The van der Waals surface area contributed by atoms with Crippen molar-refractivity contribution in [2.45, 2.75) is 121 Å². The summed E-state index contributed by atoms with van der Waals surface area (Å²) in [6, 6.07) is 0. The van der Waals surface area contributed by atoms with E-state index in [-0.39, 0.29) is 52.9 Å². The molecule has 6 bridgehead atoms. The van der Waals surface area contributed by atoms with Gasteiger partial charge in [-0.25, -0.2) is 4.79 Å². The molecule has 3 heterocycles. The Balaban J connectivity index is 1.55. The number of carbonyl (C=O) groups excluding carboxylic acids is 2. The van der Waals surface area contributed by atoms with Gasteiger partial charge in [-0.15, -0.1) is 0 Å². The number of rotatable bonds is 7. The van der Waals surface area contributed by atoms with Gasteiger partial charge >= 0.3 is 5.97 Å². The fourth-order valence-corrected chi connectivity index (χ4v) is 9.87. The number of phenolic OH excluding ortho intramolecular Hbond substituents is 1. The molecule has 0 amide bonds. The van der Waals surface area contributed by atoms with E-state index in [9.17, 15) is 19.8 Å². The Labute approximate surface area is 281 Å². The van der Waals surface area contributed by atoms with Gasteiger partial charge in [0.1, 0.15) is 34.0 Å². The van der Waals surface area contributed by atoms with E-state index >= 15 is 4.79 Å². The summed E-state index contributed by atoms with van der Waals surface area (Å²) in [5, 5.41) is 22.0. The Kier molecular flexibility index (Phi) is 6.96. The molecule has 3 aliphatic heterocycles. The van der Waals surface area contributed by atoms with E-state index in [0.29, 0.717) is 29.7 Å². The van der Waals surface area contributed by atoms with Crippen LogP contribution in [0.5, 0.6) is 17.2 Å². The van der Waals surface area contributed by atoms with Gasteiger partial charge in [0.2, 0.25) is 5.78 Å². The minimum absolute atomic E-state index is 0.0376. The molecule has 2 N–H and O–H groups in total. The van der Waals surface area contributed by atoms with E-state index in [4.69, 9.17) is 18.9 Å². The monoisotopic (exact) mass is 658 g/mol. The summed E-state index contributed by atoms with van der Waals surface area (Å²) < 4.78 is 26.9. The summed E-state index contributed by atoms with van der Waals surface area (Å²) >= 11 is 0. The van der Waals surface area contributed by atoms with Gasteiger partial charge in [0.05, 0.1) is 5.60 Å². The third-order valence-electron chi connectivity index (χ3n) is 12.2.